The average Bonchev–Trinajstić information content (AvgIpc) is 2.29. The summed E-state index contributed by atoms with van der Waals surface area (Å²) in [5, 5.41) is 1.02. The van der Waals surface area contributed by atoms with Gasteiger partial charge >= 0.3 is 6.09 Å². The lowest BCUT2D eigenvalue weighted by Crippen LogP contribution is -2.38. The number of anilines is 1. The molecule has 0 unspecified atom stereocenters. The van der Waals surface area contributed by atoms with Gasteiger partial charge in [0.05, 0.1) is 12.3 Å². The standard InChI is InChI=1S/C12H18N2O2/c1-3-4-9-16-12(15)14(13)11-7-5-10(2)6-8-11/h5-8H,3-4,9,13H2,1-2H3. The Morgan fingerprint density at radius 2 is 2.00 bits per heavy atom. The monoisotopic (exact) mass is 222 g/mol. The van der Waals surface area contributed by atoms with Gasteiger partial charge in [-0.15, -0.1) is 0 Å². The van der Waals surface area contributed by atoms with Crippen molar-refractivity contribution in [1.29, 1.82) is 0 Å². The third kappa shape index (κ3) is 3.55. The quantitative estimate of drug-likeness (QED) is 0.369. The SMILES string of the molecule is CCCCOC(=O)N(N)c1ccc(C)cc1. The van der Waals surface area contributed by atoms with E-state index < -0.39 is 6.09 Å². The first kappa shape index (κ1) is 12.5. The lowest BCUT2D eigenvalue weighted by Gasteiger charge is -2.16. The van der Waals surface area contributed by atoms with Crippen LogP contribution in [0.5, 0.6) is 0 Å². The van der Waals surface area contributed by atoms with Crippen LogP contribution < -0.4 is 10.9 Å². The van der Waals surface area contributed by atoms with E-state index in [-0.39, 0.29) is 0 Å². The highest BCUT2D eigenvalue weighted by Gasteiger charge is 2.12. The molecule has 0 spiro atoms. The number of nitrogens with zero attached hydrogens (tertiary/aromatic N) is 1. The fourth-order valence-corrected chi connectivity index (χ4v) is 1.18. The maximum atomic E-state index is 11.5. The highest BCUT2D eigenvalue weighted by atomic mass is 16.6. The first-order valence-corrected chi connectivity index (χ1v) is 5.43. The van der Waals surface area contributed by atoms with Crippen LogP contribution in [-0.2, 0) is 4.74 Å². The largest absolute Gasteiger partial charge is 0.448 e. The second kappa shape index (κ2) is 6.12. The van der Waals surface area contributed by atoms with Gasteiger partial charge < -0.3 is 4.74 Å². The molecule has 4 nitrogen and oxygen atoms in total. The van der Waals surface area contributed by atoms with Crippen LogP contribution in [-0.4, -0.2) is 12.7 Å². The van der Waals surface area contributed by atoms with Crippen LogP contribution in [0.25, 0.3) is 0 Å². The first-order chi connectivity index (χ1) is 7.65. The first-order valence-electron chi connectivity index (χ1n) is 5.43. The van der Waals surface area contributed by atoms with E-state index in [0.717, 1.165) is 23.4 Å². The predicted molar refractivity (Wildman–Crippen MR) is 64.1 cm³/mol. The maximum Gasteiger partial charge on any atom is 0.428 e. The summed E-state index contributed by atoms with van der Waals surface area (Å²) in [6.07, 6.45) is 1.33. The minimum atomic E-state index is -0.516. The molecule has 16 heavy (non-hydrogen) atoms. The van der Waals surface area contributed by atoms with E-state index in [4.69, 9.17) is 10.6 Å². The number of aryl methyl sites for hydroxylation is 1. The van der Waals surface area contributed by atoms with Gasteiger partial charge in [0.15, 0.2) is 0 Å². The van der Waals surface area contributed by atoms with Crippen LogP contribution >= 0.6 is 0 Å². The molecule has 0 aliphatic heterocycles. The minimum Gasteiger partial charge on any atom is -0.448 e. The summed E-state index contributed by atoms with van der Waals surface area (Å²) in [4.78, 5) is 11.5. The van der Waals surface area contributed by atoms with E-state index in [0.29, 0.717) is 12.3 Å². The van der Waals surface area contributed by atoms with Gasteiger partial charge in [0.2, 0.25) is 0 Å². The van der Waals surface area contributed by atoms with Crippen molar-refractivity contribution in [2.24, 2.45) is 5.84 Å². The number of nitrogens with two attached hydrogens (primary N) is 1. The molecule has 0 atom stereocenters. The van der Waals surface area contributed by atoms with Gasteiger partial charge in [-0.05, 0) is 25.5 Å². The molecule has 0 radical (unpaired) electrons. The second-order valence-electron chi connectivity index (χ2n) is 3.67. The molecule has 0 saturated carbocycles. The maximum absolute atomic E-state index is 11.5. The number of unbranched alkanes of at least 4 members (excludes halogenated alkanes) is 1. The van der Waals surface area contributed by atoms with Crippen LogP contribution in [0, 0.1) is 6.92 Å². The molecule has 4 heteroatoms. The topological polar surface area (TPSA) is 55.6 Å². The Bertz CT molecular complexity index is 335. The lowest BCUT2D eigenvalue weighted by atomic mass is 10.2. The molecule has 0 heterocycles. The normalized spacial score (nSPS) is 9.94. The molecule has 1 rings (SSSR count). The zero-order valence-corrected chi connectivity index (χ0v) is 9.77. The fraction of sp³-hybridized carbons (Fsp3) is 0.417. The molecule has 1 aromatic carbocycles. The highest BCUT2D eigenvalue weighted by Crippen LogP contribution is 2.12. The fourth-order valence-electron chi connectivity index (χ4n) is 1.18. The van der Waals surface area contributed by atoms with Crippen molar-refractivity contribution in [3.8, 4) is 0 Å². The van der Waals surface area contributed by atoms with Crippen molar-refractivity contribution in [1.82, 2.24) is 0 Å². The number of hydrazine groups is 1. The number of carbonyl (C=O) groups excluding carboxylic acids is 1. The van der Waals surface area contributed by atoms with Gasteiger partial charge in [-0.2, -0.15) is 0 Å². The van der Waals surface area contributed by atoms with E-state index in [2.05, 4.69) is 0 Å². The van der Waals surface area contributed by atoms with Crippen LogP contribution in [0.2, 0.25) is 0 Å². The average molecular weight is 222 g/mol. The smallest absolute Gasteiger partial charge is 0.428 e. The van der Waals surface area contributed by atoms with E-state index in [9.17, 15) is 4.79 Å². The zero-order valence-electron chi connectivity index (χ0n) is 9.77. The van der Waals surface area contributed by atoms with Crippen molar-refractivity contribution in [2.75, 3.05) is 11.6 Å². The van der Waals surface area contributed by atoms with Crippen molar-refractivity contribution >= 4 is 11.8 Å². The number of benzene rings is 1. The van der Waals surface area contributed by atoms with E-state index in [1.165, 1.54) is 0 Å². The summed E-state index contributed by atoms with van der Waals surface area (Å²) in [5.74, 6) is 5.63. The molecule has 0 saturated heterocycles. The van der Waals surface area contributed by atoms with Crippen LogP contribution in [0.1, 0.15) is 25.3 Å². The number of amides is 1. The summed E-state index contributed by atoms with van der Waals surface area (Å²) in [7, 11) is 0. The van der Waals surface area contributed by atoms with Crippen molar-refractivity contribution in [3.63, 3.8) is 0 Å². The molecule has 2 N–H and O–H groups in total. The van der Waals surface area contributed by atoms with Crippen LogP contribution in [0.15, 0.2) is 24.3 Å². The molecule has 0 bridgehead atoms. The zero-order chi connectivity index (χ0) is 12.0. The van der Waals surface area contributed by atoms with Gasteiger partial charge in [-0.3, -0.25) is 0 Å². The number of rotatable bonds is 4. The molecule has 0 aliphatic rings. The molecule has 0 aromatic heterocycles. The second-order valence-corrected chi connectivity index (χ2v) is 3.67. The predicted octanol–water partition coefficient (Wildman–Crippen LogP) is 2.61. The van der Waals surface area contributed by atoms with Crippen molar-refractivity contribution in [3.05, 3.63) is 29.8 Å². The van der Waals surface area contributed by atoms with Gasteiger partial charge in [-0.1, -0.05) is 31.0 Å². The highest BCUT2D eigenvalue weighted by molar-refractivity contribution is 5.86. The summed E-state index contributed by atoms with van der Waals surface area (Å²) in [6, 6.07) is 7.37. The number of ether oxygens (including phenoxy) is 1. The summed E-state index contributed by atoms with van der Waals surface area (Å²) >= 11 is 0. The van der Waals surface area contributed by atoms with Crippen LogP contribution in [0.3, 0.4) is 0 Å². The Kier molecular flexibility index (Phi) is 4.79. The van der Waals surface area contributed by atoms with Gasteiger partial charge in [-0.25, -0.2) is 15.6 Å². The molecule has 0 aliphatic carbocycles. The third-order valence-corrected chi connectivity index (χ3v) is 2.23. The Labute approximate surface area is 96.0 Å². The molecular formula is C12H18N2O2. The Balaban J connectivity index is 2.53. The Morgan fingerprint density at radius 3 is 2.56 bits per heavy atom. The van der Waals surface area contributed by atoms with E-state index >= 15 is 0 Å². The van der Waals surface area contributed by atoms with E-state index in [1.54, 1.807) is 12.1 Å². The number of hydrogen-bond donors (Lipinski definition) is 1. The van der Waals surface area contributed by atoms with Gasteiger partial charge in [0.25, 0.3) is 0 Å². The molecule has 1 aromatic rings. The minimum absolute atomic E-state index is 0.412. The Morgan fingerprint density at radius 1 is 1.38 bits per heavy atom. The lowest BCUT2D eigenvalue weighted by molar-refractivity contribution is 0.152. The summed E-state index contributed by atoms with van der Waals surface area (Å²) in [6.45, 7) is 4.42. The van der Waals surface area contributed by atoms with Crippen LogP contribution in [0.4, 0.5) is 10.5 Å². The Hall–Kier alpha value is -1.55. The van der Waals surface area contributed by atoms with Crippen molar-refractivity contribution < 1.29 is 9.53 Å². The molecule has 1 amide bonds. The van der Waals surface area contributed by atoms with Gasteiger partial charge in [0, 0.05) is 0 Å². The van der Waals surface area contributed by atoms with Crippen molar-refractivity contribution in [2.45, 2.75) is 26.7 Å². The third-order valence-electron chi connectivity index (χ3n) is 2.23. The molecule has 0 fully saturated rings. The summed E-state index contributed by atoms with van der Waals surface area (Å²) in [5.41, 5.74) is 1.75. The molecule has 88 valence electrons. The number of hydrogen-bond acceptors (Lipinski definition) is 3. The molecular weight excluding hydrogens is 204 g/mol. The summed E-state index contributed by atoms with van der Waals surface area (Å²) < 4.78 is 4.99. The van der Waals surface area contributed by atoms with E-state index in [1.807, 2.05) is 26.0 Å². The van der Waals surface area contributed by atoms with Gasteiger partial charge in [0.1, 0.15) is 0 Å². The number of carbonyl (C=O) groups is 1.